The summed E-state index contributed by atoms with van der Waals surface area (Å²) < 4.78 is 15.8. The molecule has 0 bridgehead atoms. The van der Waals surface area contributed by atoms with E-state index in [0.717, 1.165) is 0 Å². The van der Waals surface area contributed by atoms with Crippen molar-refractivity contribution in [2.75, 3.05) is 13.2 Å². The van der Waals surface area contributed by atoms with Crippen LogP contribution in [0.2, 0.25) is 0 Å². The molecule has 94 valence electrons. The maximum Gasteiger partial charge on any atom is 0.303 e. The van der Waals surface area contributed by atoms with Crippen molar-refractivity contribution < 1.29 is 23.8 Å². The maximum atomic E-state index is 11.1. The minimum atomic E-state index is -0.501. The molecule has 17 heavy (non-hydrogen) atoms. The van der Waals surface area contributed by atoms with Crippen molar-refractivity contribution in [2.24, 2.45) is 11.8 Å². The molecule has 0 aromatic carbocycles. The largest absolute Gasteiger partial charge is 0.458 e. The molecule has 4 atom stereocenters. The summed E-state index contributed by atoms with van der Waals surface area (Å²) in [5, 5.41) is 0. The molecular weight excluding hydrogens is 224 g/mol. The number of ether oxygens (including phenoxy) is 3. The van der Waals surface area contributed by atoms with Crippen LogP contribution in [0.25, 0.3) is 0 Å². The van der Waals surface area contributed by atoms with Crippen LogP contribution >= 0.6 is 0 Å². The first-order valence-electron chi connectivity index (χ1n) is 5.68. The third kappa shape index (κ3) is 2.66. The number of hydrogen-bond donors (Lipinski definition) is 0. The molecule has 0 amide bonds. The number of hydrogen-bond acceptors (Lipinski definition) is 5. The van der Waals surface area contributed by atoms with Crippen molar-refractivity contribution >= 4 is 11.9 Å². The highest BCUT2D eigenvalue weighted by Gasteiger charge is 2.43. The van der Waals surface area contributed by atoms with Gasteiger partial charge in [0, 0.05) is 25.7 Å². The number of carbonyl (C=O) groups is 2. The molecule has 2 rings (SSSR count). The molecule has 0 saturated carbocycles. The van der Waals surface area contributed by atoms with E-state index < -0.39 is 12.2 Å². The summed E-state index contributed by atoms with van der Waals surface area (Å²) in [5.74, 6) is -0.429. The summed E-state index contributed by atoms with van der Waals surface area (Å²) in [6.07, 6.45) is 2.82. The predicted molar refractivity (Wildman–Crippen MR) is 58.0 cm³/mol. The van der Waals surface area contributed by atoms with Crippen molar-refractivity contribution in [3.63, 3.8) is 0 Å². The molecule has 1 fully saturated rings. The maximum absolute atomic E-state index is 11.1. The van der Waals surface area contributed by atoms with E-state index in [1.165, 1.54) is 13.8 Å². The second-order valence-electron chi connectivity index (χ2n) is 4.40. The van der Waals surface area contributed by atoms with E-state index in [-0.39, 0.29) is 23.8 Å². The molecule has 5 heteroatoms. The van der Waals surface area contributed by atoms with Gasteiger partial charge in [0.25, 0.3) is 0 Å². The smallest absolute Gasteiger partial charge is 0.303 e. The van der Waals surface area contributed by atoms with Gasteiger partial charge in [-0.1, -0.05) is 6.08 Å². The second kappa shape index (κ2) is 4.87. The number of rotatable bonds is 2. The molecule has 0 unspecified atom stereocenters. The van der Waals surface area contributed by atoms with Crippen LogP contribution in [0.1, 0.15) is 13.8 Å². The van der Waals surface area contributed by atoms with Crippen LogP contribution in [0.5, 0.6) is 0 Å². The zero-order valence-electron chi connectivity index (χ0n) is 9.92. The summed E-state index contributed by atoms with van der Waals surface area (Å²) in [6.45, 7) is 3.86. The first-order chi connectivity index (χ1) is 8.08. The van der Waals surface area contributed by atoms with Gasteiger partial charge in [0.2, 0.25) is 0 Å². The van der Waals surface area contributed by atoms with Gasteiger partial charge in [-0.05, 0) is 6.08 Å². The molecule has 0 aromatic rings. The van der Waals surface area contributed by atoms with Gasteiger partial charge in [-0.15, -0.1) is 0 Å². The Balaban J connectivity index is 2.15. The summed E-state index contributed by atoms with van der Waals surface area (Å²) in [7, 11) is 0. The first-order valence-corrected chi connectivity index (χ1v) is 5.68. The lowest BCUT2D eigenvalue weighted by Crippen LogP contribution is -2.44. The van der Waals surface area contributed by atoms with Gasteiger partial charge >= 0.3 is 11.9 Å². The summed E-state index contributed by atoms with van der Waals surface area (Å²) in [6, 6.07) is 0. The quantitative estimate of drug-likeness (QED) is 0.524. The van der Waals surface area contributed by atoms with Crippen molar-refractivity contribution in [1.82, 2.24) is 0 Å². The van der Waals surface area contributed by atoms with Crippen molar-refractivity contribution in [1.29, 1.82) is 0 Å². The highest BCUT2D eigenvalue weighted by Crippen LogP contribution is 2.34. The normalized spacial score (nSPS) is 35.2. The lowest BCUT2D eigenvalue weighted by molar-refractivity contribution is -0.167. The molecule has 1 saturated heterocycles. The summed E-state index contributed by atoms with van der Waals surface area (Å²) in [5.41, 5.74) is 0. The van der Waals surface area contributed by atoms with Gasteiger partial charge in [-0.25, -0.2) is 0 Å². The molecule has 1 aliphatic heterocycles. The zero-order valence-corrected chi connectivity index (χ0v) is 9.92. The molecular formula is C12H16O5. The third-order valence-electron chi connectivity index (χ3n) is 3.07. The summed E-state index contributed by atoms with van der Waals surface area (Å²) >= 11 is 0. The van der Waals surface area contributed by atoms with Crippen molar-refractivity contribution in [3.05, 3.63) is 12.2 Å². The van der Waals surface area contributed by atoms with E-state index >= 15 is 0 Å². The lowest BCUT2D eigenvalue weighted by Gasteiger charge is -2.33. The number of esters is 2. The van der Waals surface area contributed by atoms with Gasteiger partial charge < -0.3 is 14.2 Å². The first kappa shape index (κ1) is 12.1. The Kier molecular flexibility index (Phi) is 3.47. The molecule has 1 heterocycles. The third-order valence-corrected chi connectivity index (χ3v) is 3.07. The Bertz CT molecular complexity index is 349. The highest BCUT2D eigenvalue weighted by molar-refractivity contribution is 5.67. The lowest BCUT2D eigenvalue weighted by atomic mass is 9.83. The Labute approximate surface area is 99.7 Å². The molecule has 0 N–H and O–H groups in total. The van der Waals surface area contributed by atoms with Crippen LogP contribution in [0.4, 0.5) is 0 Å². The summed E-state index contributed by atoms with van der Waals surface area (Å²) in [4.78, 5) is 22.1. The second-order valence-corrected chi connectivity index (χ2v) is 4.40. The standard InChI is InChI=1S/C12H16O5/c1-7(13)16-11-4-3-9-5-15-6-10(9)12(11)17-8(2)14/h3-4,9-12H,5-6H2,1-2H3/t9-,10+,11+,12-/m1/s1. The topological polar surface area (TPSA) is 61.8 Å². The zero-order chi connectivity index (χ0) is 12.4. The number of fused-ring (bicyclic) bond motifs is 1. The van der Waals surface area contributed by atoms with Crippen molar-refractivity contribution in [3.8, 4) is 0 Å². The predicted octanol–water partition coefficient (Wildman–Crippen LogP) is 0.682. The van der Waals surface area contributed by atoms with Crippen LogP contribution in [0.3, 0.4) is 0 Å². The van der Waals surface area contributed by atoms with Crippen LogP contribution in [0, 0.1) is 11.8 Å². The SMILES string of the molecule is CC(=O)O[C@@H]1[C@H]2COC[C@H]2C=C[C@@H]1OC(C)=O. The molecule has 0 radical (unpaired) electrons. The van der Waals surface area contributed by atoms with Gasteiger partial charge in [0.1, 0.15) is 6.10 Å². The minimum Gasteiger partial charge on any atom is -0.458 e. The van der Waals surface area contributed by atoms with E-state index in [0.29, 0.717) is 13.2 Å². The highest BCUT2D eigenvalue weighted by atomic mass is 16.6. The molecule has 5 nitrogen and oxygen atoms in total. The fraction of sp³-hybridized carbons (Fsp3) is 0.667. The van der Waals surface area contributed by atoms with Crippen molar-refractivity contribution in [2.45, 2.75) is 26.1 Å². The van der Waals surface area contributed by atoms with E-state index in [9.17, 15) is 9.59 Å². The van der Waals surface area contributed by atoms with Gasteiger partial charge in [0.15, 0.2) is 6.10 Å². The molecule has 0 aromatic heterocycles. The Morgan fingerprint density at radius 2 is 1.82 bits per heavy atom. The van der Waals surface area contributed by atoms with Crippen LogP contribution in [-0.4, -0.2) is 37.4 Å². The fourth-order valence-electron chi connectivity index (χ4n) is 2.37. The Morgan fingerprint density at radius 3 is 2.47 bits per heavy atom. The van der Waals surface area contributed by atoms with Crippen LogP contribution < -0.4 is 0 Å². The van der Waals surface area contributed by atoms with E-state index in [4.69, 9.17) is 14.2 Å². The van der Waals surface area contributed by atoms with E-state index in [1.807, 2.05) is 6.08 Å². The molecule has 2 aliphatic rings. The average molecular weight is 240 g/mol. The van der Waals surface area contributed by atoms with Gasteiger partial charge in [-0.2, -0.15) is 0 Å². The Hall–Kier alpha value is -1.36. The van der Waals surface area contributed by atoms with Gasteiger partial charge in [0.05, 0.1) is 13.2 Å². The fourth-order valence-corrected chi connectivity index (χ4v) is 2.37. The van der Waals surface area contributed by atoms with Crippen LogP contribution in [-0.2, 0) is 23.8 Å². The average Bonchev–Trinajstić information content (AvgIpc) is 2.68. The van der Waals surface area contributed by atoms with E-state index in [2.05, 4.69) is 0 Å². The Morgan fingerprint density at radius 1 is 1.12 bits per heavy atom. The van der Waals surface area contributed by atoms with Gasteiger partial charge in [-0.3, -0.25) is 9.59 Å². The number of carbonyl (C=O) groups excluding carboxylic acids is 2. The van der Waals surface area contributed by atoms with Crippen LogP contribution in [0.15, 0.2) is 12.2 Å². The molecule has 0 spiro atoms. The van der Waals surface area contributed by atoms with E-state index in [1.54, 1.807) is 6.08 Å². The minimum absolute atomic E-state index is 0.0771. The molecule has 1 aliphatic carbocycles. The monoisotopic (exact) mass is 240 g/mol.